The average Bonchev–Trinajstić information content (AvgIpc) is 2.28. The summed E-state index contributed by atoms with van der Waals surface area (Å²) in [6.45, 7) is 2.27. The van der Waals surface area contributed by atoms with Gasteiger partial charge in [0, 0.05) is 8.04 Å². The molecule has 90 valence electrons. The fourth-order valence-corrected chi connectivity index (χ4v) is 2.57. The highest BCUT2D eigenvalue weighted by atomic mass is 127. The first kappa shape index (κ1) is 14.5. The molecule has 16 heavy (non-hydrogen) atoms. The second-order valence-electron chi connectivity index (χ2n) is 4.27. The smallest absolute Gasteiger partial charge is 0.0311 e. The van der Waals surface area contributed by atoms with Crippen LogP contribution in [0.4, 0.5) is 0 Å². The molecule has 0 aromatic heterocycles. The summed E-state index contributed by atoms with van der Waals surface area (Å²) in [6.07, 6.45) is 9.48. The lowest BCUT2D eigenvalue weighted by molar-refractivity contribution is 0.607. The molecule has 0 amide bonds. The topological polar surface area (TPSA) is 0 Å². The molecule has 0 fully saturated rings. The minimum Gasteiger partial charge on any atom is -0.0654 e. The second-order valence-corrected chi connectivity index (χ2v) is 6.28. The van der Waals surface area contributed by atoms with Crippen LogP contribution in [0.5, 0.6) is 0 Å². The Labute approximate surface area is 121 Å². The zero-order chi connectivity index (χ0) is 11.8. The predicted molar refractivity (Wildman–Crippen MR) is 83.9 cm³/mol. The zero-order valence-corrected chi connectivity index (χ0v) is 13.7. The van der Waals surface area contributed by atoms with Gasteiger partial charge in [-0.05, 0) is 69.1 Å². The van der Waals surface area contributed by atoms with E-state index in [4.69, 9.17) is 0 Å². The van der Waals surface area contributed by atoms with Crippen molar-refractivity contribution in [2.24, 2.45) is 0 Å². The summed E-state index contributed by atoms with van der Waals surface area (Å²) in [5.74, 6) is 0. The molecule has 2 heteroatoms. The maximum atomic E-state index is 3.58. The van der Waals surface area contributed by atoms with Gasteiger partial charge in [0.25, 0.3) is 0 Å². The number of hydrogen-bond acceptors (Lipinski definition) is 0. The predicted octanol–water partition coefficient (Wildman–Crippen LogP) is 5.96. The molecule has 0 aliphatic carbocycles. The first-order chi connectivity index (χ1) is 7.74. The number of benzene rings is 1. The van der Waals surface area contributed by atoms with Crippen molar-refractivity contribution in [3.05, 3.63) is 31.8 Å². The quantitative estimate of drug-likeness (QED) is 0.395. The number of hydrogen-bond donors (Lipinski definition) is 0. The maximum Gasteiger partial charge on any atom is 0.0311 e. The van der Waals surface area contributed by atoms with Gasteiger partial charge in [-0.1, -0.05) is 45.1 Å². The SMILES string of the molecule is CCCCCCCCc1ccc(I)c(Br)c1. The summed E-state index contributed by atoms with van der Waals surface area (Å²) in [5, 5.41) is 0. The standard InChI is InChI=1S/C14H20BrI/c1-2-3-4-5-6-7-8-12-9-10-14(16)13(15)11-12/h9-11H,2-8H2,1H3. The van der Waals surface area contributed by atoms with E-state index < -0.39 is 0 Å². The molecule has 1 rings (SSSR count). The fraction of sp³-hybridized carbons (Fsp3) is 0.571. The molecule has 1 aromatic carbocycles. The average molecular weight is 395 g/mol. The Balaban J connectivity index is 2.19. The van der Waals surface area contributed by atoms with Gasteiger partial charge in [0.05, 0.1) is 0 Å². The third-order valence-corrected chi connectivity index (χ3v) is 5.14. The van der Waals surface area contributed by atoms with Gasteiger partial charge >= 0.3 is 0 Å². The van der Waals surface area contributed by atoms with Gasteiger partial charge < -0.3 is 0 Å². The van der Waals surface area contributed by atoms with E-state index in [1.807, 2.05) is 0 Å². The lowest BCUT2D eigenvalue weighted by Crippen LogP contribution is -1.87. The lowest BCUT2D eigenvalue weighted by atomic mass is 10.1. The van der Waals surface area contributed by atoms with Gasteiger partial charge in [-0.2, -0.15) is 0 Å². The van der Waals surface area contributed by atoms with E-state index >= 15 is 0 Å². The van der Waals surface area contributed by atoms with Crippen molar-refractivity contribution < 1.29 is 0 Å². The van der Waals surface area contributed by atoms with Crippen molar-refractivity contribution in [3.8, 4) is 0 Å². The highest BCUT2D eigenvalue weighted by Crippen LogP contribution is 2.21. The maximum absolute atomic E-state index is 3.58. The summed E-state index contributed by atoms with van der Waals surface area (Å²) in [4.78, 5) is 0. The van der Waals surface area contributed by atoms with Gasteiger partial charge in [0.2, 0.25) is 0 Å². The van der Waals surface area contributed by atoms with Crippen molar-refractivity contribution in [1.82, 2.24) is 0 Å². The van der Waals surface area contributed by atoms with Crippen molar-refractivity contribution in [2.45, 2.75) is 51.9 Å². The molecule has 0 spiro atoms. The molecule has 0 saturated heterocycles. The van der Waals surface area contributed by atoms with E-state index in [2.05, 4.69) is 63.6 Å². The second kappa shape index (κ2) is 8.51. The molecular weight excluding hydrogens is 375 g/mol. The third-order valence-electron chi connectivity index (χ3n) is 2.80. The van der Waals surface area contributed by atoms with E-state index in [0.29, 0.717) is 0 Å². The Kier molecular flexibility index (Phi) is 7.71. The van der Waals surface area contributed by atoms with Crippen molar-refractivity contribution in [2.75, 3.05) is 0 Å². The molecule has 0 bridgehead atoms. The van der Waals surface area contributed by atoms with Gasteiger partial charge in [-0.3, -0.25) is 0 Å². The molecular formula is C14H20BrI. The number of unbranched alkanes of at least 4 members (excludes halogenated alkanes) is 5. The normalized spacial score (nSPS) is 10.7. The summed E-state index contributed by atoms with van der Waals surface area (Å²) in [5.41, 5.74) is 1.46. The van der Waals surface area contributed by atoms with Crippen LogP contribution in [0.1, 0.15) is 51.0 Å². The monoisotopic (exact) mass is 394 g/mol. The van der Waals surface area contributed by atoms with Crippen LogP contribution in [0.3, 0.4) is 0 Å². The zero-order valence-electron chi connectivity index (χ0n) is 9.94. The Bertz CT molecular complexity index is 310. The summed E-state index contributed by atoms with van der Waals surface area (Å²) < 4.78 is 2.53. The van der Waals surface area contributed by atoms with E-state index in [1.54, 1.807) is 0 Å². The van der Waals surface area contributed by atoms with E-state index in [1.165, 1.54) is 58.6 Å². The van der Waals surface area contributed by atoms with Crippen LogP contribution < -0.4 is 0 Å². The van der Waals surface area contributed by atoms with Gasteiger partial charge in [0.15, 0.2) is 0 Å². The minimum atomic E-state index is 1.22. The van der Waals surface area contributed by atoms with Crippen molar-refractivity contribution in [3.63, 3.8) is 0 Å². The summed E-state index contributed by atoms with van der Waals surface area (Å²) in [7, 11) is 0. The lowest BCUT2D eigenvalue weighted by Gasteiger charge is -2.04. The molecule has 0 nitrogen and oxygen atoms in total. The van der Waals surface area contributed by atoms with Crippen LogP contribution in [-0.4, -0.2) is 0 Å². The molecule has 0 unspecified atom stereocenters. The Morgan fingerprint density at radius 1 is 1.06 bits per heavy atom. The van der Waals surface area contributed by atoms with Gasteiger partial charge in [-0.15, -0.1) is 0 Å². The molecule has 0 N–H and O–H groups in total. The first-order valence-electron chi connectivity index (χ1n) is 6.18. The van der Waals surface area contributed by atoms with E-state index in [0.717, 1.165) is 0 Å². The molecule has 0 saturated carbocycles. The molecule has 1 aromatic rings. The van der Waals surface area contributed by atoms with Gasteiger partial charge in [-0.25, -0.2) is 0 Å². The highest BCUT2D eigenvalue weighted by molar-refractivity contribution is 14.1. The van der Waals surface area contributed by atoms with Crippen LogP contribution >= 0.6 is 38.5 Å². The van der Waals surface area contributed by atoms with Crippen molar-refractivity contribution >= 4 is 38.5 Å². The first-order valence-corrected chi connectivity index (χ1v) is 8.05. The Hall–Kier alpha value is 0.430. The van der Waals surface area contributed by atoms with Gasteiger partial charge in [0.1, 0.15) is 0 Å². The summed E-state index contributed by atoms with van der Waals surface area (Å²) in [6, 6.07) is 6.70. The Morgan fingerprint density at radius 2 is 1.75 bits per heavy atom. The van der Waals surface area contributed by atoms with Crippen LogP contribution in [-0.2, 0) is 6.42 Å². The number of aryl methyl sites for hydroxylation is 1. The number of rotatable bonds is 7. The third kappa shape index (κ3) is 5.67. The molecule has 0 heterocycles. The van der Waals surface area contributed by atoms with Crippen LogP contribution in [0.2, 0.25) is 0 Å². The molecule has 0 atom stereocenters. The largest absolute Gasteiger partial charge is 0.0654 e. The molecule has 0 aliphatic heterocycles. The summed E-state index contributed by atoms with van der Waals surface area (Å²) >= 11 is 5.94. The van der Waals surface area contributed by atoms with Crippen LogP contribution in [0, 0.1) is 3.57 Å². The fourth-order valence-electron chi connectivity index (χ4n) is 1.80. The van der Waals surface area contributed by atoms with Crippen molar-refractivity contribution in [1.29, 1.82) is 0 Å². The van der Waals surface area contributed by atoms with E-state index in [9.17, 15) is 0 Å². The van der Waals surface area contributed by atoms with E-state index in [-0.39, 0.29) is 0 Å². The van der Waals surface area contributed by atoms with Crippen LogP contribution in [0.15, 0.2) is 22.7 Å². The minimum absolute atomic E-state index is 1.22. The number of halogens is 2. The molecule has 0 radical (unpaired) electrons. The van der Waals surface area contributed by atoms with Crippen LogP contribution in [0.25, 0.3) is 0 Å². The highest BCUT2D eigenvalue weighted by Gasteiger charge is 1.98. The molecule has 0 aliphatic rings. The Morgan fingerprint density at radius 3 is 2.44 bits per heavy atom.